The number of H-pyrrole nitrogens is 1. The fourth-order valence-corrected chi connectivity index (χ4v) is 2.02. The van der Waals surface area contributed by atoms with Crippen molar-refractivity contribution in [3.63, 3.8) is 0 Å². The Bertz CT molecular complexity index is 527. The van der Waals surface area contributed by atoms with Crippen LogP contribution >= 0.6 is 11.8 Å². The van der Waals surface area contributed by atoms with Crippen LogP contribution < -0.4 is 0 Å². The molecule has 82 valence electrons. The zero-order valence-electron chi connectivity index (χ0n) is 9.07. The summed E-state index contributed by atoms with van der Waals surface area (Å²) in [7, 11) is 0. The summed E-state index contributed by atoms with van der Waals surface area (Å²) in [5, 5.41) is 1.36. The summed E-state index contributed by atoms with van der Waals surface area (Å²) in [5.41, 5.74) is 2.30. The summed E-state index contributed by atoms with van der Waals surface area (Å²) < 4.78 is 0. The average molecular weight is 231 g/mol. The molecule has 1 heterocycles. The first kappa shape index (κ1) is 11.0. The maximum absolute atomic E-state index is 10.7. The number of carbonyl (C=O) groups is 1. The van der Waals surface area contributed by atoms with Gasteiger partial charge in [-0.2, -0.15) is 0 Å². The van der Waals surface area contributed by atoms with Crippen LogP contribution in [0.5, 0.6) is 0 Å². The van der Waals surface area contributed by atoms with Gasteiger partial charge in [0.25, 0.3) is 0 Å². The predicted molar refractivity (Wildman–Crippen MR) is 70.5 cm³/mol. The maximum Gasteiger partial charge on any atom is 0.186 e. The number of hydrogen-bond donors (Lipinski definition) is 1. The average Bonchev–Trinajstić information content (AvgIpc) is 2.72. The Labute approximate surface area is 98.7 Å². The Morgan fingerprint density at radius 1 is 1.44 bits per heavy atom. The van der Waals surface area contributed by atoms with Gasteiger partial charge < -0.3 is 4.98 Å². The highest BCUT2D eigenvalue weighted by molar-refractivity contribution is 8.13. The molecular weight excluding hydrogens is 218 g/mol. The van der Waals surface area contributed by atoms with Crippen LogP contribution in [0, 0.1) is 0 Å². The van der Waals surface area contributed by atoms with Crippen molar-refractivity contribution in [2.45, 2.75) is 6.92 Å². The van der Waals surface area contributed by atoms with Crippen LogP contribution in [-0.4, -0.2) is 15.9 Å². The number of fused-ring (bicyclic) bond motifs is 1. The number of nitrogens with one attached hydrogen (secondary N) is 1. The lowest BCUT2D eigenvalue weighted by Crippen LogP contribution is -1.82. The van der Waals surface area contributed by atoms with Crippen molar-refractivity contribution in [2.24, 2.45) is 0 Å². The standard InChI is InChI=1S/C13H13NOS/c1-10(15)16-9-3-6-11-4-2-5-12-7-8-14-13(11)12/h2-8,14H,9H2,1H3. The molecule has 16 heavy (non-hydrogen) atoms. The Kier molecular flexibility index (Phi) is 3.47. The molecule has 0 fully saturated rings. The van der Waals surface area contributed by atoms with E-state index >= 15 is 0 Å². The highest BCUT2D eigenvalue weighted by Crippen LogP contribution is 2.18. The van der Waals surface area contributed by atoms with E-state index in [9.17, 15) is 4.79 Å². The van der Waals surface area contributed by atoms with Crippen molar-refractivity contribution in [1.29, 1.82) is 0 Å². The van der Waals surface area contributed by atoms with E-state index in [0.29, 0.717) is 0 Å². The first-order valence-electron chi connectivity index (χ1n) is 5.13. The molecule has 0 aliphatic heterocycles. The number of thioether (sulfide) groups is 1. The highest BCUT2D eigenvalue weighted by Gasteiger charge is 1.97. The molecule has 0 saturated carbocycles. The molecule has 2 rings (SSSR count). The van der Waals surface area contributed by atoms with Crippen molar-refractivity contribution in [3.05, 3.63) is 42.1 Å². The second-order valence-electron chi connectivity index (χ2n) is 3.49. The number of para-hydroxylation sites is 1. The van der Waals surface area contributed by atoms with Gasteiger partial charge in [-0.05, 0) is 17.0 Å². The van der Waals surface area contributed by atoms with Crippen molar-refractivity contribution in [3.8, 4) is 0 Å². The van der Waals surface area contributed by atoms with E-state index in [1.54, 1.807) is 6.92 Å². The third-order valence-corrected chi connectivity index (χ3v) is 3.07. The lowest BCUT2D eigenvalue weighted by atomic mass is 10.1. The Morgan fingerprint density at radius 2 is 2.31 bits per heavy atom. The largest absolute Gasteiger partial charge is 0.361 e. The van der Waals surface area contributed by atoms with E-state index in [1.807, 2.05) is 18.3 Å². The van der Waals surface area contributed by atoms with Crippen LogP contribution in [0.3, 0.4) is 0 Å². The zero-order chi connectivity index (χ0) is 11.4. The molecule has 2 aromatic rings. The van der Waals surface area contributed by atoms with Gasteiger partial charge in [0.1, 0.15) is 0 Å². The molecule has 3 heteroatoms. The van der Waals surface area contributed by atoms with Gasteiger partial charge in [-0.15, -0.1) is 0 Å². The van der Waals surface area contributed by atoms with Crippen LogP contribution in [-0.2, 0) is 4.79 Å². The van der Waals surface area contributed by atoms with Crippen molar-refractivity contribution < 1.29 is 4.79 Å². The van der Waals surface area contributed by atoms with Gasteiger partial charge in [0.2, 0.25) is 0 Å². The minimum atomic E-state index is 0.155. The smallest absolute Gasteiger partial charge is 0.186 e. The topological polar surface area (TPSA) is 32.9 Å². The van der Waals surface area contributed by atoms with E-state index in [-0.39, 0.29) is 5.12 Å². The van der Waals surface area contributed by atoms with E-state index < -0.39 is 0 Å². The van der Waals surface area contributed by atoms with E-state index in [0.717, 1.165) is 16.8 Å². The summed E-state index contributed by atoms with van der Waals surface area (Å²) in [4.78, 5) is 14.0. The van der Waals surface area contributed by atoms with Crippen LogP contribution in [0.1, 0.15) is 12.5 Å². The number of rotatable bonds is 3. The second-order valence-corrected chi connectivity index (χ2v) is 4.69. The molecule has 0 amide bonds. The van der Waals surface area contributed by atoms with E-state index in [1.165, 1.54) is 17.1 Å². The molecule has 0 bridgehead atoms. The van der Waals surface area contributed by atoms with Gasteiger partial charge in [-0.25, -0.2) is 0 Å². The fraction of sp³-hybridized carbons (Fsp3) is 0.154. The molecular formula is C13H13NOS. The monoisotopic (exact) mass is 231 g/mol. The Balaban J connectivity index is 2.14. The minimum Gasteiger partial charge on any atom is -0.361 e. The SMILES string of the molecule is CC(=O)SCC=Cc1cccc2cc[nH]c12. The maximum atomic E-state index is 10.7. The lowest BCUT2D eigenvalue weighted by molar-refractivity contribution is -0.109. The van der Waals surface area contributed by atoms with Crippen LogP contribution in [0.25, 0.3) is 17.0 Å². The zero-order valence-corrected chi connectivity index (χ0v) is 9.88. The van der Waals surface area contributed by atoms with E-state index in [2.05, 4.69) is 29.3 Å². The molecule has 1 aromatic heterocycles. The van der Waals surface area contributed by atoms with Gasteiger partial charge in [-0.1, -0.05) is 42.1 Å². The molecule has 1 aromatic carbocycles. The van der Waals surface area contributed by atoms with E-state index in [4.69, 9.17) is 0 Å². The second kappa shape index (κ2) is 5.03. The molecule has 0 radical (unpaired) electrons. The van der Waals surface area contributed by atoms with Crippen molar-refractivity contribution in [2.75, 3.05) is 5.75 Å². The van der Waals surface area contributed by atoms with Gasteiger partial charge in [-0.3, -0.25) is 4.79 Å². The molecule has 0 atom stereocenters. The number of carbonyl (C=O) groups excluding carboxylic acids is 1. The quantitative estimate of drug-likeness (QED) is 0.877. The first-order valence-corrected chi connectivity index (χ1v) is 6.12. The summed E-state index contributed by atoms with van der Waals surface area (Å²) in [5.74, 6) is 0.729. The summed E-state index contributed by atoms with van der Waals surface area (Å²) in [6.45, 7) is 1.59. The van der Waals surface area contributed by atoms with Gasteiger partial charge in [0.15, 0.2) is 5.12 Å². The Hall–Kier alpha value is -1.48. The molecule has 2 nitrogen and oxygen atoms in total. The third kappa shape index (κ3) is 2.55. The van der Waals surface area contributed by atoms with Gasteiger partial charge >= 0.3 is 0 Å². The normalized spacial score (nSPS) is 11.3. The summed E-state index contributed by atoms with van der Waals surface area (Å²) >= 11 is 1.32. The summed E-state index contributed by atoms with van der Waals surface area (Å²) in [6, 6.07) is 8.23. The molecule has 0 aliphatic rings. The van der Waals surface area contributed by atoms with Crippen LogP contribution in [0.4, 0.5) is 0 Å². The van der Waals surface area contributed by atoms with Gasteiger partial charge in [0.05, 0.1) is 5.52 Å². The summed E-state index contributed by atoms with van der Waals surface area (Å²) in [6.07, 6.45) is 6.00. The molecule has 0 unspecified atom stereocenters. The highest BCUT2D eigenvalue weighted by atomic mass is 32.2. The predicted octanol–water partition coefficient (Wildman–Crippen LogP) is 3.46. The number of benzene rings is 1. The molecule has 0 saturated heterocycles. The molecule has 0 spiro atoms. The minimum absolute atomic E-state index is 0.155. The van der Waals surface area contributed by atoms with Gasteiger partial charge in [0, 0.05) is 18.9 Å². The fourth-order valence-electron chi connectivity index (χ4n) is 1.59. The third-order valence-electron chi connectivity index (χ3n) is 2.30. The number of hydrogen-bond acceptors (Lipinski definition) is 2. The number of aromatic nitrogens is 1. The van der Waals surface area contributed by atoms with Crippen LogP contribution in [0.2, 0.25) is 0 Å². The lowest BCUT2D eigenvalue weighted by Gasteiger charge is -1.96. The van der Waals surface area contributed by atoms with Crippen molar-refractivity contribution in [1.82, 2.24) is 4.98 Å². The molecule has 1 N–H and O–H groups in total. The first-order chi connectivity index (χ1) is 7.77. The number of aromatic amines is 1. The van der Waals surface area contributed by atoms with Crippen molar-refractivity contribution >= 4 is 33.9 Å². The Morgan fingerprint density at radius 3 is 3.12 bits per heavy atom. The molecule has 0 aliphatic carbocycles. The van der Waals surface area contributed by atoms with Crippen LogP contribution in [0.15, 0.2) is 36.5 Å².